The van der Waals surface area contributed by atoms with E-state index in [1.165, 1.54) is 12.1 Å². The zero-order chi connectivity index (χ0) is 13.8. The maximum atomic E-state index is 12.9. The molecule has 0 aliphatic heterocycles. The third kappa shape index (κ3) is 3.22. The molecule has 19 heavy (non-hydrogen) atoms. The summed E-state index contributed by atoms with van der Waals surface area (Å²) in [6.07, 6.45) is 2.61. The van der Waals surface area contributed by atoms with Crippen LogP contribution < -0.4 is 5.32 Å². The molecule has 0 fully saturated rings. The van der Waals surface area contributed by atoms with Crippen molar-refractivity contribution in [1.29, 1.82) is 0 Å². The van der Waals surface area contributed by atoms with Gasteiger partial charge in [-0.3, -0.25) is 4.68 Å². The Morgan fingerprint density at radius 2 is 2.05 bits per heavy atom. The quantitative estimate of drug-likeness (QED) is 0.914. The first-order chi connectivity index (χ1) is 9.15. The first-order valence-electron chi connectivity index (χ1n) is 6.28. The van der Waals surface area contributed by atoms with E-state index in [0.717, 1.165) is 28.7 Å². The number of nitrogens with zero attached hydrogens (tertiary/aromatic N) is 2. The van der Waals surface area contributed by atoms with Crippen LogP contribution >= 0.6 is 15.9 Å². The van der Waals surface area contributed by atoms with Gasteiger partial charge >= 0.3 is 0 Å². The normalized spacial score (nSPS) is 12.6. The van der Waals surface area contributed by atoms with Gasteiger partial charge in [-0.05, 0) is 54.0 Å². The van der Waals surface area contributed by atoms with Crippen molar-refractivity contribution in [1.82, 2.24) is 15.1 Å². The van der Waals surface area contributed by atoms with Gasteiger partial charge in [-0.15, -0.1) is 0 Å². The monoisotopic (exact) mass is 325 g/mol. The Morgan fingerprint density at radius 1 is 1.37 bits per heavy atom. The lowest BCUT2D eigenvalue weighted by Gasteiger charge is -2.18. The predicted molar refractivity (Wildman–Crippen MR) is 77.5 cm³/mol. The van der Waals surface area contributed by atoms with Crippen LogP contribution in [0.25, 0.3) is 0 Å². The molecule has 0 aliphatic carbocycles. The fraction of sp³-hybridized carbons (Fsp3) is 0.357. The Kier molecular flexibility index (Phi) is 4.71. The highest BCUT2D eigenvalue weighted by Crippen LogP contribution is 2.26. The predicted octanol–water partition coefficient (Wildman–Crippen LogP) is 3.31. The van der Waals surface area contributed by atoms with Gasteiger partial charge in [0.2, 0.25) is 0 Å². The fourth-order valence-electron chi connectivity index (χ4n) is 2.16. The lowest BCUT2D eigenvalue weighted by molar-refractivity contribution is 0.511. The SMILES string of the molecule is CCn1ncc(Br)c1C(Cc1ccc(F)cc1)NC. The number of hydrogen-bond acceptors (Lipinski definition) is 2. The van der Waals surface area contributed by atoms with E-state index in [1.807, 2.05) is 30.1 Å². The van der Waals surface area contributed by atoms with Gasteiger partial charge in [-0.2, -0.15) is 5.10 Å². The summed E-state index contributed by atoms with van der Waals surface area (Å²) in [6.45, 7) is 2.89. The summed E-state index contributed by atoms with van der Waals surface area (Å²) in [4.78, 5) is 0. The molecule has 0 spiro atoms. The highest BCUT2D eigenvalue weighted by molar-refractivity contribution is 9.10. The number of aryl methyl sites for hydroxylation is 1. The number of hydrogen-bond donors (Lipinski definition) is 1. The Hall–Kier alpha value is -1.20. The smallest absolute Gasteiger partial charge is 0.123 e. The van der Waals surface area contributed by atoms with Crippen LogP contribution in [0.5, 0.6) is 0 Å². The van der Waals surface area contributed by atoms with Crippen LogP contribution in [0.15, 0.2) is 34.9 Å². The number of likely N-dealkylation sites (N-methyl/N-ethyl adjacent to an activating group) is 1. The van der Waals surface area contributed by atoms with E-state index >= 15 is 0 Å². The molecule has 3 nitrogen and oxygen atoms in total. The van der Waals surface area contributed by atoms with Crippen molar-refractivity contribution >= 4 is 15.9 Å². The topological polar surface area (TPSA) is 29.9 Å². The number of aromatic nitrogens is 2. The minimum atomic E-state index is -0.204. The summed E-state index contributed by atoms with van der Waals surface area (Å²) in [7, 11) is 1.92. The van der Waals surface area contributed by atoms with Crippen LogP contribution in [0, 0.1) is 5.82 Å². The van der Waals surface area contributed by atoms with Crippen molar-refractivity contribution in [2.24, 2.45) is 0 Å². The molecule has 0 amide bonds. The third-order valence-electron chi connectivity index (χ3n) is 3.16. The van der Waals surface area contributed by atoms with E-state index in [-0.39, 0.29) is 11.9 Å². The van der Waals surface area contributed by atoms with Gasteiger partial charge in [0, 0.05) is 6.54 Å². The number of halogens is 2. The van der Waals surface area contributed by atoms with Crippen LogP contribution in [-0.4, -0.2) is 16.8 Å². The molecule has 0 saturated heterocycles. The van der Waals surface area contributed by atoms with E-state index in [2.05, 4.69) is 33.3 Å². The molecule has 5 heteroatoms. The van der Waals surface area contributed by atoms with Crippen LogP contribution in [0.2, 0.25) is 0 Å². The number of nitrogens with one attached hydrogen (secondary N) is 1. The molecule has 102 valence electrons. The second kappa shape index (κ2) is 6.30. The van der Waals surface area contributed by atoms with Crippen LogP contribution in [-0.2, 0) is 13.0 Å². The molecule has 0 radical (unpaired) electrons. The zero-order valence-corrected chi connectivity index (χ0v) is 12.6. The highest BCUT2D eigenvalue weighted by atomic mass is 79.9. The summed E-state index contributed by atoms with van der Waals surface area (Å²) in [6, 6.07) is 6.77. The molecule has 0 bridgehead atoms. The van der Waals surface area contributed by atoms with Crippen LogP contribution in [0.3, 0.4) is 0 Å². The fourth-order valence-corrected chi connectivity index (χ4v) is 2.73. The standard InChI is InChI=1S/C14H17BrFN3/c1-3-19-14(12(15)9-18-19)13(17-2)8-10-4-6-11(16)7-5-10/h4-7,9,13,17H,3,8H2,1-2H3. The minimum Gasteiger partial charge on any atom is -0.311 e. The lowest BCUT2D eigenvalue weighted by atomic mass is 10.0. The average molecular weight is 326 g/mol. The van der Waals surface area contributed by atoms with Gasteiger partial charge in [-0.25, -0.2) is 4.39 Å². The lowest BCUT2D eigenvalue weighted by Crippen LogP contribution is -2.22. The largest absolute Gasteiger partial charge is 0.311 e. The molecule has 1 heterocycles. The maximum Gasteiger partial charge on any atom is 0.123 e. The molecular weight excluding hydrogens is 309 g/mol. The summed E-state index contributed by atoms with van der Waals surface area (Å²) in [5, 5.41) is 7.63. The second-order valence-electron chi connectivity index (χ2n) is 4.37. The van der Waals surface area contributed by atoms with Crippen molar-refractivity contribution < 1.29 is 4.39 Å². The van der Waals surface area contributed by atoms with E-state index < -0.39 is 0 Å². The first-order valence-corrected chi connectivity index (χ1v) is 7.08. The Balaban J connectivity index is 2.24. The van der Waals surface area contributed by atoms with Crippen molar-refractivity contribution in [3.63, 3.8) is 0 Å². The molecule has 0 saturated carbocycles. The molecule has 1 unspecified atom stereocenters. The third-order valence-corrected chi connectivity index (χ3v) is 3.78. The molecule has 0 aliphatic rings. The summed E-state index contributed by atoms with van der Waals surface area (Å²) < 4.78 is 15.9. The van der Waals surface area contributed by atoms with Gasteiger partial charge in [0.25, 0.3) is 0 Å². The van der Waals surface area contributed by atoms with Gasteiger partial charge < -0.3 is 5.32 Å². The molecule has 2 rings (SSSR count). The molecule has 1 N–H and O–H groups in total. The van der Waals surface area contributed by atoms with Crippen LogP contribution in [0.4, 0.5) is 4.39 Å². The van der Waals surface area contributed by atoms with E-state index in [1.54, 1.807) is 0 Å². The minimum absolute atomic E-state index is 0.141. The summed E-state index contributed by atoms with van der Waals surface area (Å²) in [5.41, 5.74) is 2.21. The van der Waals surface area contributed by atoms with Crippen molar-refractivity contribution in [3.8, 4) is 0 Å². The Labute approximate surface area is 121 Å². The maximum absolute atomic E-state index is 12.9. The van der Waals surface area contributed by atoms with Crippen molar-refractivity contribution in [2.45, 2.75) is 25.9 Å². The highest BCUT2D eigenvalue weighted by Gasteiger charge is 2.18. The van der Waals surface area contributed by atoms with Crippen LogP contribution in [0.1, 0.15) is 24.2 Å². The van der Waals surface area contributed by atoms with Crippen molar-refractivity contribution in [3.05, 3.63) is 52.0 Å². The molecule has 1 aromatic carbocycles. The Morgan fingerprint density at radius 3 is 2.63 bits per heavy atom. The van der Waals surface area contributed by atoms with Gasteiger partial charge in [0.1, 0.15) is 5.82 Å². The zero-order valence-electron chi connectivity index (χ0n) is 11.0. The number of rotatable bonds is 5. The van der Waals surface area contributed by atoms with E-state index in [4.69, 9.17) is 0 Å². The summed E-state index contributed by atoms with van der Waals surface area (Å²) >= 11 is 3.54. The molecule has 1 atom stereocenters. The van der Waals surface area contributed by atoms with Gasteiger partial charge in [0.15, 0.2) is 0 Å². The second-order valence-corrected chi connectivity index (χ2v) is 5.22. The first kappa shape index (κ1) is 14.2. The number of benzene rings is 1. The van der Waals surface area contributed by atoms with E-state index in [9.17, 15) is 4.39 Å². The summed E-state index contributed by atoms with van der Waals surface area (Å²) in [5.74, 6) is -0.204. The molecule has 1 aromatic heterocycles. The van der Waals surface area contributed by atoms with E-state index in [0.29, 0.717) is 0 Å². The molecular formula is C14H17BrFN3. The average Bonchev–Trinajstić information content (AvgIpc) is 2.79. The van der Waals surface area contributed by atoms with Gasteiger partial charge in [0.05, 0.1) is 22.4 Å². The van der Waals surface area contributed by atoms with Crippen molar-refractivity contribution in [2.75, 3.05) is 7.05 Å². The van der Waals surface area contributed by atoms with Gasteiger partial charge in [-0.1, -0.05) is 12.1 Å². The molecule has 2 aromatic rings. The Bertz CT molecular complexity index is 536.